The van der Waals surface area contributed by atoms with Crippen LogP contribution >= 0.6 is 11.3 Å². The molecule has 24 heavy (non-hydrogen) atoms. The molecule has 0 radical (unpaired) electrons. The normalized spacial score (nSPS) is 24.0. The summed E-state index contributed by atoms with van der Waals surface area (Å²) in [5.41, 5.74) is 1.34. The number of nitrogens with zero attached hydrogens (tertiary/aromatic N) is 3. The molecule has 1 fully saturated rings. The number of aromatic nitrogens is 2. The quantitative estimate of drug-likeness (QED) is 0.854. The Balaban J connectivity index is 1.42. The fourth-order valence-corrected chi connectivity index (χ4v) is 4.56. The Morgan fingerprint density at radius 1 is 1.50 bits per heavy atom. The van der Waals surface area contributed by atoms with Gasteiger partial charge >= 0.3 is 0 Å². The number of fused-ring (bicyclic) bond motifs is 1. The van der Waals surface area contributed by atoms with Crippen molar-refractivity contribution in [2.24, 2.45) is 0 Å². The lowest BCUT2D eigenvalue weighted by molar-refractivity contribution is -0.135. The van der Waals surface area contributed by atoms with Crippen LogP contribution in [0.25, 0.3) is 0 Å². The number of carbonyl (C=O) groups excluding carboxylic acids is 1. The van der Waals surface area contributed by atoms with Crippen LogP contribution in [-0.4, -0.2) is 40.6 Å². The summed E-state index contributed by atoms with van der Waals surface area (Å²) in [6.45, 7) is 3.96. The molecule has 2 aromatic rings. The topological polar surface area (TPSA) is 68.5 Å². The molecule has 0 spiro atoms. The number of hydrogen-bond acceptors (Lipinski definition) is 6. The van der Waals surface area contributed by atoms with Gasteiger partial charge in [-0.15, -0.1) is 11.3 Å². The molecule has 4 rings (SSSR count). The van der Waals surface area contributed by atoms with Gasteiger partial charge in [0.2, 0.25) is 11.8 Å². The first-order chi connectivity index (χ1) is 11.7. The zero-order valence-corrected chi connectivity index (χ0v) is 14.6. The van der Waals surface area contributed by atoms with Crippen LogP contribution in [0.2, 0.25) is 0 Å². The van der Waals surface area contributed by atoms with Gasteiger partial charge in [-0.3, -0.25) is 4.79 Å². The van der Waals surface area contributed by atoms with Gasteiger partial charge in [0, 0.05) is 30.8 Å². The summed E-state index contributed by atoms with van der Waals surface area (Å²) < 4.78 is 10.9. The smallest absolute Gasteiger partial charge is 0.225 e. The average molecular weight is 347 g/mol. The van der Waals surface area contributed by atoms with Gasteiger partial charge in [0.25, 0.3) is 0 Å². The van der Waals surface area contributed by atoms with Crippen molar-refractivity contribution in [3.63, 3.8) is 0 Å². The van der Waals surface area contributed by atoms with Gasteiger partial charge < -0.3 is 14.2 Å². The highest BCUT2D eigenvalue weighted by Gasteiger charge is 2.31. The molecule has 4 heterocycles. The summed E-state index contributed by atoms with van der Waals surface area (Å²) in [5.74, 6) is 1.63. The van der Waals surface area contributed by atoms with Gasteiger partial charge in [0.1, 0.15) is 6.10 Å². The molecule has 0 aliphatic carbocycles. The second-order valence-corrected chi connectivity index (χ2v) is 7.42. The Bertz CT molecular complexity index is 726. The van der Waals surface area contributed by atoms with Crippen LogP contribution in [0.5, 0.6) is 0 Å². The van der Waals surface area contributed by atoms with Gasteiger partial charge in [-0.1, -0.05) is 5.16 Å². The van der Waals surface area contributed by atoms with Gasteiger partial charge in [-0.25, -0.2) is 0 Å². The van der Waals surface area contributed by atoms with Crippen LogP contribution in [0.4, 0.5) is 0 Å². The number of hydrogen-bond donors (Lipinski definition) is 0. The summed E-state index contributed by atoms with van der Waals surface area (Å²) in [6.07, 6.45) is 3.25. The van der Waals surface area contributed by atoms with E-state index >= 15 is 0 Å². The minimum atomic E-state index is -0.0888. The number of rotatable bonds is 3. The van der Waals surface area contributed by atoms with Crippen molar-refractivity contribution in [1.82, 2.24) is 15.0 Å². The van der Waals surface area contributed by atoms with E-state index < -0.39 is 0 Å². The molecule has 6 nitrogen and oxygen atoms in total. The molecule has 0 saturated carbocycles. The second kappa shape index (κ2) is 6.64. The molecule has 2 atom stereocenters. The number of thiophene rings is 1. The number of likely N-dealkylation sites (tertiary alicyclic amines) is 1. The van der Waals surface area contributed by atoms with E-state index in [1.54, 1.807) is 18.3 Å². The molecule has 7 heteroatoms. The first-order valence-electron chi connectivity index (χ1n) is 8.46. The van der Waals surface area contributed by atoms with Crippen molar-refractivity contribution >= 4 is 17.2 Å². The monoisotopic (exact) mass is 347 g/mol. The molecule has 0 bridgehead atoms. The molecule has 2 aliphatic heterocycles. The molecule has 1 amide bonds. The Morgan fingerprint density at radius 2 is 2.42 bits per heavy atom. The van der Waals surface area contributed by atoms with Crippen molar-refractivity contribution in [1.29, 1.82) is 0 Å². The van der Waals surface area contributed by atoms with Crippen molar-refractivity contribution in [2.45, 2.75) is 44.6 Å². The first-order valence-corrected chi connectivity index (χ1v) is 9.34. The maximum atomic E-state index is 12.8. The van der Waals surface area contributed by atoms with E-state index in [-0.39, 0.29) is 17.9 Å². The maximum absolute atomic E-state index is 12.8. The zero-order chi connectivity index (χ0) is 16.5. The fraction of sp³-hybridized carbons (Fsp3) is 0.588. The maximum Gasteiger partial charge on any atom is 0.225 e. The lowest BCUT2D eigenvalue weighted by Gasteiger charge is -2.33. The zero-order valence-electron chi connectivity index (χ0n) is 13.7. The molecule has 0 N–H and O–H groups in total. The molecule has 128 valence electrons. The van der Waals surface area contributed by atoms with Gasteiger partial charge in [-0.05, 0) is 36.3 Å². The van der Waals surface area contributed by atoms with Gasteiger partial charge in [-0.2, -0.15) is 4.98 Å². The third kappa shape index (κ3) is 3.10. The van der Waals surface area contributed by atoms with Crippen LogP contribution in [0, 0.1) is 6.92 Å². The number of carbonyl (C=O) groups is 1. The van der Waals surface area contributed by atoms with Crippen molar-refractivity contribution in [3.05, 3.63) is 33.6 Å². The SMILES string of the molecule is Cc1nc([C@@H]2CCCN(C(=O)C[C@@H]3OCCc4ccsc43)C2)no1. The summed E-state index contributed by atoms with van der Waals surface area (Å²) in [6, 6.07) is 2.15. The summed E-state index contributed by atoms with van der Waals surface area (Å²) in [5, 5.41) is 6.11. The first kappa shape index (κ1) is 15.8. The summed E-state index contributed by atoms with van der Waals surface area (Å²) >= 11 is 1.69. The molecule has 1 saturated heterocycles. The highest BCUT2D eigenvalue weighted by molar-refractivity contribution is 7.10. The van der Waals surface area contributed by atoms with E-state index in [0.717, 1.165) is 31.6 Å². The minimum Gasteiger partial charge on any atom is -0.372 e. The summed E-state index contributed by atoms with van der Waals surface area (Å²) in [7, 11) is 0. The van der Waals surface area contributed by atoms with Gasteiger partial charge in [0.15, 0.2) is 5.82 Å². The average Bonchev–Trinajstić information content (AvgIpc) is 3.24. The van der Waals surface area contributed by atoms with E-state index in [4.69, 9.17) is 9.26 Å². The Hall–Kier alpha value is -1.73. The number of aryl methyl sites for hydroxylation is 1. The lowest BCUT2D eigenvalue weighted by Crippen LogP contribution is -2.40. The predicted molar refractivity (Wildman–Crippen MR) is 88.9 cm³/mol. The molecule has 0 unspecified atom stereocenters. The highest BCUT2D eigenvalue weighted by Crippen LogP contribution is 2.35. The highest BCUT2D eigenvalue weighted by atomic mass is 32.1. The van der Waals surface area contributed by atoms with E-state index in [9.17, 15) is 4.79 Å². The molecular formula is C17H21N3O3S. The lowest BCUT2D eigenvalue weighted by atomic mass is 9.96. The Labute approximate surface area is 144 Å². The molecule has 0 aromatic carbocycles. The second-order valence-electron chi connectivity index (χ2n) is 6.47. The molecular weight excluding hydrogens is 326 g/mol. The van der Waals surface area contributed by atoms with E-state index in [1.807, 2.05) is 4.90 Å². The third-order valence-electron chi connectivity index (χ3n) is 4.81. The largest absolute Gasteiger partial charge is 0.372 e. The molecule has 2 aromatic heterocycles. The fourth-order valence-electron chi connectivity index (χ4n) is 3.56. The Morgan fingerprint density at radius 3 is 3.25 bits per heavy atom. The number of piperidine rings is 1. The minimum absolute atomic E-state index is 0.0888. The van der Waals surface area contributed by atoms with Gasteiger partial charge in [0.05, 0.1) is 13.0 Å². The summed E-state index contributed by atoms with van der Waals surface area (Å²) in [4.78, 5) is 20.2. The van der Waals surface area contributed by atoms with E-state index in [1.165, 1.54) is 10.4 Å². The van der Waals surface area contributed by atoms with E-state index in [0.29, 0.717) is 25.5 Å². The molecule has 2 aliphatic rings. The van der Waals surface area contributed by atoms with Crippen molar-refractivity contribution < 1.29 is 14.1 Å². The number of amides is 1. The van der Waals surface area contributed by atoms with Crippen molar-refractivity contribution in [2.75, 3.05) is 19.7 Å². The Kier molecular flexibility index (Phi) is 4.37. The standard InChI is InChI=1S/C17H21N3O3S/c1-11-18-17(19-23-11)13-3-2-6-20(10-13)15(21)9-14-16-12(4-7-22-14)5-8-24-16/h5,8,13-14H,2-4,6-7,9-10H2,1H3/t13-,14+/m1/s1. The van der Waals surface area contributed by atoms with Crippen LogP contribution in [0.1, 0.15) is 53.4 Å². The van der Waals surface area contributed by atoms with Crippen LogP contribution in [0.3, 0.4) is 0 Å². The van der Waals surface area contributed by atoms with Crippen molar-refractivity contribution in [3.8, 4) is 0 Å². The van der Waals surface area contributed by atoms with E-state index in [2.05, 4.69) is 21.6 Å². The third-order valence-corrected chi connectivity index (χ3v) is 5.86. The number of ether oxygens (including phenoxy) is 1. The van der Waals surface area contributed by atoms with Crippen LogP contribution in [-0.2, 0) is 16.0 Å². The van der Waals surface area contributed by atoms with Crippen LogP contribution < -0.4 is 0 Å². The predicted octanol–water partition coefficient (Wildman–Crippen LogP) is 2.85. The van der Waals surface area contributed by atoms with Crippen LogP contribution in [0.15, 0.2) is 16.0 Å².